The fourth-order valence-corrected chi connectivity index (χ4v) is 2.47. The van der Waals surface area contributed by atoms with Gasteiger partial charge in [0.1, 0.15) is 11.3 Å². The Labute approximate surface area is 141 Å². The molecule has 0 unspecified atom stereocenters. The van der Waals surface area contributed by atoms with Gasteiger partial charge in [-0.05, 0) is 36.4 Å². The Morgan fingerprint density at radius 2 is 1.68 bits per heavy atom. The summed E-state index contributed by atoms with van der Waals surface area (Å²) in [5.41, 5.74) is -1.60. The highest BCUT2D eigenvalue weighted by Crippen LogP contribution is 2.40. The maximum Gasteiger partial charge on any atom is 0.420 e. The molecule has 2 rings (SSSR count). The summed E-state index contributed by atoms with van der Waals surface area (Å²) in [7, 11) is -2.94. The van der Waals surface area contributed by atoms with Crippen molar-refractivity contribution >= 4 is 16.0 Å². The molecule has 0 aromatic heterocycles. The van der Waals surface area contributed by atoms with Crippen molar-refractivity contribution in [2.24, 2.45) is 5.14 Å². The first kappa shape index (κ1) is 18.7. The Hall–Kier alpha value is -2.59. The number of carbonyl (C=O) groups is 1. The fourth-order valence-electron chi connectivity index (χ4n) is 1.96. The van der Waals surface area contributed by atoms with Crippen molar-refractivity contribution < 1.29 is 35.9 Å². The van der Waals surface area contributed by atoms with E-state index in [1.165, 1.54) is 0 Å². The summed E-state index contributed by atoms with van der Waals surface area (Å²) in [6.45, 7) is 0. The van der Waals surface area contributed by atoms with Gasteiger partial charge in [-0.25, -0.2) is 18.4 Å². The fraction of sp³-hybridized carbons (Fsp3) is 0.133. The van der Waals surface area contributed by atoms with Crippen LogP contribution in [0.15, 0.2) is 47.4 Å². The van der Waals surface area contributed by atoms with Crippen LogP contribution in [0, 0.1) is 0 Å². The van der Waals surface area contributed by atoms with Crippen molar-refractivity contribution in [2.45, 2.75) is 11.1 Å². The molecule has 0 radical (unpaired) electrons. The first-order valence-electron chi connectivity index (χ1n) is 6.63. The highest BCUT2D eigenvalue weighted by molar-refractivity contribution is 7.89. The van der Waals surface area contributed by atoms with Crippen LogP contribution in [0.4, 0.5) is 13.2 Å². The summed E-state index contributed by atoms with van der Waals surface area (Å²) in [6.07, 6.45) is -4.78. The molecule has 2 aromatic carbocycles. The predicted molar refractivity (Wildman–Crippen MR) is 80.7 cm³/mol. The van der Waals surface area contributed by atoms with Crippen molar-refractivity contribution in [1.82, 2.24) is 0 Å². The number of sulfonamides is 1. The zero-order valence-electron chi connectivity index (χ0n) is 12.7. The zero-order chi connectivity index (χ0) is 18.8. The Kier molecular flexibility index (Phi) is 5.04. The van der Waals surface area contributed by atoms with Gasteiger partial charge in [0, 0.05) is 0 Å². The topological polar surface area (TPSA) is 95.7 Å². The molecule has 0 atom stereocenters. The lowest BCUT2D eigenvalue weighted by atomic mass is 10.1. The van der Waals surface area contributed by atoms with Gasteiger partial charge in [0.15, 0.2) is 5.75 Å². The molecule has 0 spiro atoms. The van der Waals surface area contributed by atoms with E-state index < -0.39 is 39.0 Å². The number of nitrogens with two attached hydrogens (primary N) is 1. The monoisotopic (exact) mass is 375 g/mol. The number of halogens is 3. The molecule has 134 valence electrons. The van der Waals surface area contributed by atoms with Gasteiger partial charge in [-0.15, -0.1) is 0 Å². The molecular formula is C15H12F3NO5S. The Morgan fingerprint density at radius 3 is 2.16 bits per heavy atom. The number of benzene rings is 2. The number of ether oxygens (including phenoxy) is 2. The number of para-hydroxylation sites is 1. The van der Waals surface area contributed by atoms with Gasteiger partial charge in [-0.3, -0.25) is 0 Å². The predicted octanol–water partition coefficient (Wildman–Crippen LogP) is 2.93. The van der Waals surface area contributed by atoms with E-state index in [1.807, 2.05) is 0 Å². The standard InChI is InChI=1S/C15H12F3NO5S/c1-23-14(20)11-3-2-4-12(15(16,17)18)13(11)24-9-5-7-10(8-6-9)25(19,21)22/h2-8H,1H3,(H2,19,21,22). The third-order valence-corrected chi connectivity index (χ3v) is 4.03. The molecule has 2 aromatic rings. The van der Waals surface area contributed by atoms with Crippen LogP contribution >= 0.6 is 0 Å². The van der Waals surface area contributed by atoms with Crippen molar-refractivity contribution in [3.63, 3.8) is 0 Å². The first-order valence-corrected chi connectivity index (χ1v) is 8.18. The van der Waals surface area contributed by atoms with Crippen LogP contribution in [0.1, 0.15) is 15.9 Å². The van der Waals surface area contributed by atoms with Crippen molar-refractivity contribution in [3.05, 3.63) is 53.6 Å². The van der Waals surface area contributed by atoms with Crippen LogP contribution in [0.25, 0.3) is 0 Å². The molecule has 10 heteroatoms. The van der Waals surface area contributed by atoms with E-state index in [4.69, 9.17) is 9.88 Å². The molecule has 0 aliphatic heterocycles. The number of hydrogen-bond acceptors (Lipinski definition) is 5. The van der Waals surface area contributed by atoms with E-state index in [1.54, 1.807) is 0 Å². The van der Waals surface area contributed by atoms with Crippen LogP contribution in [0.3, 0.4) is 0 Å². The number of primary sulfonamides is 1. The molecule has 0 heterocycles. The summed E-state index contributed by atoms with van der Waals surface area (Å²) in [5.74, 6) is -1.87. The smallest absolute Gasteiger partial charge is 0.420 e. The largest absolute Gasteiger partial charge is 0.465 e. The average molecular weight is 375 g/mol. The van der Waals surface area contributed by atoms with E-state index in [9.17, 15) is 26.4 Å². The van der Waals surface area contributed by atoms with E-state index in [-0.39, 0.29) is 10.6 Å². The molecule has 2 N–H and O–H groups in total. The second-order valence-electron chi connectivity index (χ2n) is 4.79. The van der Waals surface area contributed by atoms with Gasteiger partial charge >= 0.3 is 12.1 Å². The zero-order valence-corrected chi connectivity index (χ0v) is 13.5. The molecule has 0 aliphatic carbocycles. The van der Waals surface area contributed by atoms with E-state index in [0.29, 0.717) is 0 Å². The summed E-state index contributed by atoms with van der Waals surface area (Å²) >= 11 is 0. The van der Waals surface area contributed by atoms with Crippen LogP contribution in [0.5, 0.6) is 11.5 Å². The maximum absolute atomic E-state index is 13.2. The normalized spacial score (nSPS) is 11.9. The van der Waals surface area contributed by atoms with Crippen LogP contribution < -0.4 is 9.88 Å². The van der Waals surface area contributed by atoms with Crippen molar-refractivity contribution in [3.8, 4) is 11.5 Å². The average Bonchev–Trinajstić information content (AvgIpc) is 2.53. The van der Waals surface area contributed by atoms with Gasteiger partial charge in [0.05, 0.1) is 17.6 Å². The van der Waals surface area contributed by atoms with E-state index in [2.05, 4.69) is 4.74 Å². The molecule has 6 nitrogen and oxygen atoms in total. The quantitative estimate of drug-likeness (QED) is 0.829. The number of methoxy groups -OCH3 is 1. The molecule has 0 bridgehead atoms. The molecule has 0 saturated carbocycles. The Balaban J connectivity index is 2.52. The lowest BCUT2D eigenvalue weighted by Crippen LogP contribution is -2.12. The maximum atomic E-state index is 13.2. The van der Waals surface area contributed by atoms with Gasteiger partial charge in [-0.1, -0.05) is 6.07 Å². The third kappa shape index (κ3) is 4.28. The SMILES string of the molecule is COC(=O)c1cccc(C(F)(F)F)c1Oc1ccc(S(N)(=O)=O)cc1. The van der Waals surface area contributed by atoms with Gasteiger partial charge in [0.2, 0.25) is 10.0 Å². The summed E-state index contributed by atoms with van der Waals surface area (Å²) in [6, 6.07) is 7.29. The molecular weight excluding hydrogens is 363 g/mol. The number of alkyl halides is 3. The number of esters is 1. The van der Waals surface area contributed by atoms with Crippen LogP contribution in [-0.2, 0) is 20.9 Å². The lowest BCUT2D eigenvalue weighted by Gasteiger charge is -2.16. The van der Waals surface area contributed by atoms with Gasteiger partial charge < -0.3 is 9.47 Å². The van der Waals surface area contributed by atoms with E-state index in [0.717, 1.165) is 49.6 Å². The minimum Gasteiger partial charge on any atom is -0.465 e. The molecule has 0 amide bonds. The summed E-state index contributed by atoms with van der Waals surface area (Å²) in [4.78, 5) is 11.5. The second-order valence-corrected chi connectivity index (χ2v) is 6.35. The molecule has 0 saturated heterocycles. The van der Waals surface area contributed by atoms with Crippen molar-refractivity contribution in [1.29, 1.82) is 0 Å². The number of hydrogen-bond donors (Lipinski definition) is 1. The molecule has 25 heavy (non-hydrogen) atoms. The number of rotatable bonds is 4. The molecule has 0 fully saturated rings. The first-order chi connectivity index (χ1) is 11.5. The molecule has 0 aliphatic rings. The highest BCUT2D eigenvalue weighted by atomic mass is 32.2. The Bertz CT molecular complexity index is 892. The highest BCUT2D eigenvalue weighted by Gasteiger charge is 2.36. The van der Waals surface area contributed by atoms with Crippen LogP contribution in [-0.4, -0.2) is 21.5 Å². The van der Waals surface area contributed by atoms with Gasteiger partial charge in [-0.2, -0.15) is 13.2 Å². The second kappa shape index (κ2) is 6.73. The van der Waals surface area contributed by atoms with Crippen LogP contribution in [0.2, 0.25) is 0 Å². The third-order valence-electron chi connectivity index (χ3n) is 3.10. The van der Waals surface area contributed by atoms with Gasteiger partial charge in [0.25, 0.3) is 0 Å². The summed E-state index contributed by atoms with van der Waals surface area (Å²) in [5, 5.41) is 4.94. The van der Waals surface area contributed by atoms with E-state index >= 15 is 0 Å². The lowest BCUT2D eigenvalue weighted by molar-refractivity contribution is -0.138. The van der Waals surface area contributed by atoms with Crippen molar-refractivity contribution in [2.75, 3.05) is 7.11 Å². The minimum absolute atomic E-state index is 0.116. The Morgan fingerprint density at radius 1 is 1.08 bits per heavy atom. The minimum atomic E-state index is -4.78. The number of carbonyl (C=O) groups excluding carboxylic acids is 1. The summed E-state index contributed by atoms with van der Waals surface area (Å²) < 4.78 is 71.6.